The number of carbonyl (C=O) groups excluding carboxylic acids is 1. The number of nitrogens with one attached hydrogen (secondary N) is 2. The van der Waals surface area contributed by atoms with Crippen LogP contribution in [0.25, 0.3) is 21.8 Å². The van der Waals surface area contributed by atoms with Crippen LogP contribution >= 0.6 is 0 Å². The third-order valence-corrected chi connectivity index (χ3v) is 4.71. The maximum Gasteiger partial charge on any atom is 0.234 e. The number of para-hydroxylation sites is 2. The van der Waals surface area contributed by atoms with Gasteiger partial charge in [-0.25, -0.2) is 0 Å². The van der Waals surface area contributed by atoms with Crippen LogP contribution < -0.4 is 5.32 Å². The monoisotopic (exact) mass is 329 g/mol. The van der Waals surface area contributed by atoms with Crippen molar-refractivity contribution in [3.8, 4) is 0 Å². The number of benzene rings is 2. The van der Waals surface area contributed by atoms with Crippen LogP contribution in [0.5, 0.6) is 0 Å². The summed E-state index contributed by atoms with van der Waals surface area (Å²) in [6, 6.07) is 17.7. The van der Waals surface area contributed by atoms with Crippen molar-refractivity contribution in [2.24, 2.45) is 0 Å². The van der Waals surface area contributed by atoms with E-state index in [1.165, 1.54) is 0 Å². The van der Waals surface area contributed by atoms with E-state index in [2.05, 4.69) is 15.3 Å². The van der Waals surface area contributed by atoms with Crippen LogP contribution in [0.2, 0.25) is 0 Å². The Bertz CT molecular complexity index is 1070. The first-order valence-electron chi connectivity index (χ1n) is 8.29. The standard InChI is InChI=1S/C21H19N3O/c1-21(2,16-13-23-17-10-4-3-9-15(16)17)20(25)24-18-11-5-7-14-8-6-12-22-19(14)18/h3-13,23H,1-2H3,(H,24,25). The van der Waals surface area contributed by atoms with Crippen molar-refractivity contribution >= 4 is 33.4 Å². The van der Waals surface area contributed by atoms with Crippen molar-refractivity contribution in [2.45, 2.75) is 19.3 Å². The Hall–Kier alpha value is -3.14. The summed E-state index contributed by atoms with van der Waals surface area (Å²) >= 11 is 0. The van der Waals surface area contributed by atoms with Gasteiger partial charge in [-0.2, -0.15) is 0 Å². The molecule has 4 rings (SSSR count). The van der Waals surface area contributed by atoms with Crippen LogP contribution in [0, 0.1) is 0 Å². The van der Waals surface area contributed by atoms with Gasteiger partial charge in [-0.3, -0.25) is 9.78 Å². The van der Waals surface area contributed by atoms with E-state index in [4.69, 9.17) is 0 Å². The van der Waals surface area contributed by atoms with Gasteiger partial charge in [-0.05, 0) is 37.6 Å². The molecule has 4 heteroatoms. The van der Waals surface area contributed by atoms with Crippen LogP contribution in [0.4, 0.5) is 5.69 Å². The maximum atomic E-state index is 13.1. The third kappa shape index (κ3) is 2.56. The van der Waals surface area contributed by atoms with Crippen molar-refractivity contribution in [1.82, 2.24) is 9.97 Å². The molecule has 0 spiro atoms. The van der Waals surface area contributed by atoms with Crippen molar-refractivity contribution in [2.75, 3.05) is 5.32 Å². The second-order valence-electron chi connectivity index (χ2n) is 6.71. The zero-order valence-corrected chi connectivity index (χ0v) is 14.2. The largest absolute Gasteiger partial charge is 0.361 e. The highest BCUT2D eigenvalue weighted by atomic mass is 16.2. The summed E-state index contributed by atoms with van der Waals surface area (Å²) in [5, 5.41) is 5.14. The number of anilines is 1. The highest BCUT2D eigenvalue weighted by molar-refractivity contribution is 6.06. The van der Waals surface area contributed by atoms with E-state index < -0.39 is 5.41 Å². The van der Waals surface area contributed by atoms with Crippen molar-refractivity contribution in [3.05, 3.63) is 72.6 Å². The highest BCUT2D eigenvalue weighted by Crippen LogP contribution is 2.32. The normalized spacial score (nSPS) is 11.8. The Balaban J connectivity index is 1.72. The molecule has 2 heterocycles. The Labute approximate surface area is 145 Å². The molecule has 4 nitrogen and oxygen atoms in total. The lowest BCUT2D eigenvalue weighted by Gasteiger charge is -2.23. The summed E-state index contributed by atoms with van der Waals surface area (Å²) in [7, 11) is 0. The number of amides is 1. The molecule has 0 bridgehead atoms. The molecule has 1 amide bonds. The van der Waals surface area contributed by atoms with Gasteiger partial charge in [0, 0.05) is 28.7 Å². The predicted molar refractivity (Wildman–Crippen MR) is 102 cm³/mol. The molecular formula is C21H19N3O. The quantitative estimate of drug-likeness (QED) is 0.575. The molecule has 2 aromatic heterocycles. The fourth-order valence-corrected chi connectivity index (χ4v) is 3.19. The summed E-state index contributed by atoms with van der Waals surface area (Å²) in [6.07, 6.45) is 3.66. The van der Waals surface area contributed by atoms with Crippen LogP contribution in [-0.2, 0) is 10.2 Å². The smallest absolute Gasteiger partial charge is 0.234 e. The van der Waals surface area contributed by atoms with Crippen LogP contribution in [0.1, 0.15) is 19.4 Å². The van der Waals surface area contributed by atoms with Gasteiger partial charge < -0.3 is 10.3 Å². The minimum Gasteiger partial charge on any atom is -0.361 e. The lowest BCUT2D eigenvalue weighted by atomic mass is 9.83. The second kappa shape index (κ2) is 5.74. The Morgan fingerprint density at radius 1 is 1.04 bits per heavy atom. The number of fused-ring (bicyclic) bond motifs is 2. The Morgan fingerprint density at radius 3 is 2.72 bits per heavy atom. The van der Waals surface area contributed by atoms with Crippen molar-refractivity contribution < 1.29 is 4.79 Å². The summed E-state index contributed by atoms with van der Waals surface area (Å²) in [5.41, 5.74) is 2.86. The SMILES string of the molecule is CC(C)(C(=O)Nc1cccc2cccnc12)c1c[nH]c2ccccc12. The number of carbonyl (C=O) groups is 1. The molecule has 0 aliphatic rings. The molecular weight excluding hydrogens is 310 g/mol. The zero-order chi connectivity index (χ0) is 17.4. The fraction of sp³-hybridized carbons (Fsp3) is 0.143. The van der Waals surface area contributed by atoms with Gasteiger partial charge in [0.2, 0.25) is 5.91 Å². The molecule has 0 aliphatic carbocycles. The molecule has 0 atom stereocenters. The zero-order valence-electron chi connectivity index (χ0n) is 14.2. The van der Waals surface area contributed by atoms with E-state index in [1.807, 2.05) is 74.6 Å². The molecule has 0 saturated carbocycles. The van der Waals surface area contributed by atoms with Crippen LogP contribution in [-0.4, -0.2) is 15.9 Å². The van der Waals surface area contributed by atoms with E-state index in [0.717, 1.165) is 33.1 Å². The Kier molecular flexibility index (Phi) is 3.53. The molecule has 4 aromatic rings. The molecule has 2 N–H and O–H groups in total. The van der Waals surface area contributed by atoms with E-state index in [0.29, 0.717) is 0 Å². The number of aromatic nitrogens is 2. The van der Waals surface area contributed by atoms with E-state index in [9.17, 15) is 4.79 Å². The number of pyridine rings is 1. The number of H-pyrrole nitrogens is 1. The average Bonchev–Trinajstić information content (AvgIpc) is 3.07. The highest BCUT2D eigenvalue weighted by Gasteiger charge is 2.32. The molecule has 0 radical (unpaired) electrons. The average molecular weight is 329 g/mol. The molecule has 124 valence electrons. The number of nitrogens with zero attached hydrogens (tertiary/aromatic N) is 1. The molecule has 2 aromatic carbocycles. The van der Waals surface area contributed by atoms with E-state index >= 15 is 0 Å². The fourth-order valence-electron chi connectivity index (χ4n) is 3.19. The minimum atomic E-state index is -0.684. The topological polar surface area (TPSA) is 57.8 Å². The Morgan fingerprint density at radius 2 is 1.84 bits per heavy atom. The first-order valence-corrected chi connectivity index (χ1v) is 8.29. The molecule has 0 aliphatic heterocycles. The van der Waals surface area contributed by atoms with Crippen LogP contribution in [0.15, 0.2) is 67.0 Å². The molecule has 0 fully saturated rings. The van der Waals surface area contributed by atoms with Gasteiger partial charge in [-0.15, -0.1) is 0 Å². The maximum absolute atomic E-state index is 13.1. The number of rotatable bonds is 3. The van der Waals surface area contributed by atoms with Crippen molar-refractivity contribution in [3.63, 3.8) is 0 Å². The lowest BCUT2D eigenvalue weighted by Crippen LogP contribution is -2.34. The predicted octanol–water partition coefficient (Wildman–Crippen LogP) is 4.63. The van der Waals surface area contributed by atoms with Crippen molar-refractivity contribution in [1.29, 1.82) is 0 Å². The lowest BCUT2D eigenvalue weighted by molar-refractivity contribution is -0.120. The van der Waals surface area contributed by atoms with Gasteiger partial charge in [-0.1, -0.05) is 36.4 Å². The van der Waals surface area contributed by atoms with Gasteiger partial charge in [0.25, 0.3) is 0 Å². The number of hydrogen-bond acceptors (Lipinski definition) is 2. The van der Waals surface area contributed by atoms with E-state index in [-0.39, 0.29) is 5.91 Å². The first kappa shape index (κ1) is 15.4. The second-order valence-corrected chi connectivity index (χ2v) is 6.71. The van der Waals surface area contributed by atoms with Gasteiger partial charge in [0.1, 0.15) is 0 Å². The molecule has 25 heavy (non-hydrogen) atoms. The molecule has 0 saturated heterocycles. The minimum absolute atomic E-state index is 0.0598. The first-order chi connectivity index (χ1) is 12.1. The number of aromatic amines is 1. The summed E-state index contributed by atoms with van der Waals surface area (Å²) < 4.78 is 0. The number of hydrogen-bond donors (Lipinski definition) is 2. The van der Waals surface area contributed by atoms with Gasteiger partial charge >= 0.3 is 0 Å². The summed E-state index contributed by atoms with van der Waals surface area (Å²) in [6.45, 7) is 3.88. The van der Waals surface area contributed by atoms with E-state index in [1.54, 1.807) is 6.20 Å². The van der Waals surface area contributed by atoms with Gasteiger partial charge in [0.05, 0.1) is 16.6 Å². The summed E-state index contributed by atoms with van der Waals surface area (Å²) in [5.74, 6) is -0.0598. The van der Waals surface area contributed by atoms with Gasteiger partial charge in [0.15, 0.2) is 0 Å². The molecule has 0 unspecified atom stereocenters. The van der Waals surface area contributed by atoms with Crippen LogP contribution in [0.3, 0.4) is 0 Å². The third-order valence-electron chi connectivity index (χ3n) is 4.71. The summed E-state index contributed by atoms with van der Waals surface area (Å²) in [4.78, 5) is 20.7.